The lowest BCUT2D eigenvalue weighted by molar-refractivity contribution is -0.115. The topological polar surface area (TPSA) is 65.8 Å². The number of pyridine rings is 1. The lowest BCUT2D eigenvalue weighted by Crippen LogP contribution is -2.15. The van der Waals surface area contributed by atoms with E-state index in [9.17, 15) is 4.79 Å². The van der Waals surface area contributed by atoms with Crippen molar-refractivity contribution in [2.45, 2.75) is 6.42 Å². The minimum absolute atomic E-state index is 0.161. The normalized spacial score (nSPS) is 9.50. The molecule has 0 radical (unpaired) electrons. The molecule has 0 unspecified atom stereocenters. The zero-order chi connectivity index (χ0) is 12.8. The summed E-state index contributed by atoms with van der Waals surface area (Å²) in [5, 5.41) is 11.6. The SMILES string of the molecule is N#Cc1ccccc1NC(=O)Cc1cccnc1. The molecule has 0 saturated heterocycles. The first-order chi connectivity index (χ1) is 8.79. The van der Waals surface area contributed by atoms with E-state index in [1.165, 1.54) is 0 Å². The quantitative estimate of drug-likeness (QED) is 0.889. The van der Waals surface area contributed by atoms with E-state index >= 15 is 0 Å². The van der Waals surface area contributed by atoms with Crippen LogP contribution in [0.1, 0.15) is 11.1 Å². The van der Waals surface area contributed by atoms with Crippen molar-refractivity contribution >= 4 is 11.6 Å². The summed E-state index contributed by atoms with van der Waals surface area (Å²) >= 11 is 0. The summed E-state index contributed by atoms with van der Waals surface area (Å²) in [6.45, 7) is 0. The van der Waals surface area contributed by atoms with Gasteiger partial charge in [-0.25, -0.2) is 0 Å². The molecule has 2 rings (SSSR count). The highest BCUT2D eigenvalue weighted by Crippen LogP contribution is 2.13. The molecule has 1 aromatic carbocycles. The van der Waals surface area contributed by atoms with E-state index in [0.717, 1.165) is 5.56 Å². The summed E-state index contributed by atoms with van der Waals surface area (Å²) in [7, 11) is 0. The average Bonchev–Trinajstić information content (AvgIpc) is 2.40. The number of para-hydroxylation sites is 1. The predicted molar refractivity (Wildman–Crippen MR) is 67.7 cm³/mol. The van der Waals surface area contributed by atoms with E-state index in [-0.39, 0.29) is 12.3 Å². The number of carbonyl (C=O) groups is 1. The van der Waals surface area contributed by atoms with Crippen LogP contribution < -0.4 is 5.32 Å². The molecule has 0 saturated carbocycles. The molecule has 18 heavy (non-hydrogen) atoms. The molecule has 88 valence electrons. The van der Waals surface area contributed by atoms with E-state index in [2.05, 4.69) is 10.3 Å². The lowest BCUT2D eigenvalue weighted by atomic mass is 10.1. The van der Waals surface area contributed by atoms with Crippen LogP contribution in [0, 0.1) is 11.3 Å². The van der Waals surface area contributed by atoms with Gasteiger partial charge in [-0.2, -0.15) is 5.26 Å². The molecule has 0 aliphatic rings. The molecule has 1 N–H and O–H groups in total. The van der Waals surface area contributed by atoms with Crippen LogP contribution in [0.2, 0.25) is 0 Å². The molecule has 0 fully saturated rings. The molecule has 4 nitrogen and oxygen atoms in total. The van der Waals surface area contributed by atoms with Gasteiger partial charge in [-0.15, -0.1) is 0 Å². The third-order valence-electron chi connectivity index (χ3n) is 2.41. The Kier molecular flexibility index (Phi) is 3.67. The molecule has 4 heteroatoms. The van der Waals surface area contributed by atoms with Crippen molar-refractivity contribution in [3.63, 3.8) is 0 Å². The number of nitrogens with zero attached hydrogens (tertiary/aromatic N) is 2. The highest BCUT2D eigenvalue weighted by atomic mass is 16.1. The number of amides is 1. The number of anilines is 1. The van der Waals surface area contributed by atoms with Gasteiger partial charge in [-0.1, -0.05) is 18.2 Å². The summed E-state index contributed by atoms with van der Waals surface area (Å²) in [5.74, 6) is -0.161. The van der Waals surface area contributed by atoms with Crippen molar-refractivity contribution in [2.75, 3.05) is 5.32 Å². The Morgan fingerprint density at radius 2 is 2.11 bits per heavy atom. The van der Waals surface area contributed by atoms with Crippen LogP contribution >= 0.6 is 0 Å². The van der Waals surface area contributed by atoms with Crippen LogP contribution in [-0.2, 0) is 11.2 Å². The van der Waals surface area contributed by atoms with Gasteiger partial charge in [0.05, 0.1) is 17.7 Å². The number of nitriles is 1. The minimum Gasteiger partial charge on any atom is -0.325 e. The number of benzene rings is 1. The summed E-state index contributed by atoms with van der Waals surface area (Å²) in [5.41, 5.74) is 1.83. The van der Waals surface area contributed by atoms with Crippen molar-refractivity contribution < 1.29 is 4.79 Å². The maximum Gasteiger partial charge on any atom is 0.228 e. The van der Waals surface area contributed by atoms with Gasteiger partial charge in [0, 0.05) is 12.4 Å². The Morgan fingerprint density at radius 1 is 1.28 bits per heavy atom. The van der Waals surface area contributed by atoms with Crippen molar-refractivity contribution in [1.29, 1.82) is 5.26 Å². The lowest BCUT2D eigenvalue weighted by Gasteiger charge is -2.06. The number of aromatic nitrogens is 1. The van der Waals surface area contributed by atoms with Crippen LogP contribution in [0.5, 0.6) is 0 Å². The van der Waals surface area contributed by atoms with Gasteiger partial charge in [0.15, 0.2) is 0 Å². The maximum atomic E-state index is 11.8. The Balaban J connectivity index is 2.06. The highest BCUT2D eigenvalue weighted by Gasteiger charge is 2.06. The molecular formula is C14H11N3O. The van der Waals surface area contributed by atoms with Crippen molar-refractivity contribution in [2.24, 2.45) is 0 Å². The summed E-state index contributed by atoms with van der Waals surface area (Å²) in [6.07, 6.45) is 3.55. The van der Waals surface area contributed by atoms with Gasteiger partial charge in [0.2, 0.25) is 5.91 Å². The molecule has 1 aromatic heterocycles. The van der Waals surface area contributed by atoms with E-state index in [0.29, 0.717) is 11.3 Å². The van der Waals surface area contributed by atoms with E-state index in [4.69, 9.17) is 5.26 Å². The van der Waals surface area contributed by atoms with Gasteiger partial charge in [-0.3, -0.25) is 9.78 Å². The molecule has 0 bridgehead atoms. The van der Waals surface area contributed by atoms with E-state index < -0.39 is 0 Å². The van der Waals surface area contributed by atoms with Crippen molar-refractivity contribution in [1.82, 2.24) is 4.98 Å². The second-order valence-corrected chi connectivity index (χ2v) is 3.74. The molecule has 0 aliphatic carbocycles. The monoisotopic (exact) mass is 237 g/mol. The molecule has 0 atom stereocenters. The second kappa shape index (κ2) is 5.60. The van der Waals surface area contributed by atoms with E-state index in [1.807, 2.05) is 12.1 Å². The smallest absolute Gasteiger partial charge is 0.228 e. The summed E-state index contributed by atoms with van der Waals surface area (Å²) in [4.78, 5) is 15.7. The molecular weight excluding hydrogens is 226 g/mol. The largest absolute Gasteiger partial charge is 0.325 e. The minimum atomic E-state index is -0.161. The first-order valence-electron chi connectivity index (χ1n) is 5.47. The second-order valence-electron chi connectivity index (χ2n) is 3.74. The van der Waals surface area contributed by atoms with Gasteiger partial charge in [-0.05, 0) is 23.8 Å². The zero-order valence-corrected chi connectivity index (χ0v) is 9.63. The van der Waals surface area contributed by atoms with Crippen LogP contribution in [0.15, 0.2) is 48.8 Å². The van der Waals surface area contributed by atoms with Crippen LogP contribution in [-0.4, -0.2) is 10.9 Å². The Bertz CT molecular complexity index is 587. The molecule has 2 aromatic rings. The fourth-order valence-electron chi connectivity index (χ4n) is 1.57. The Morgan fingerprint density at radius 3 is 2.83 bits per heavy atom. The fourth-order valence-corrected chi connectivity index (χ4v) is 1.57. The average molecular weight is 237 g/mol. The van der Waals surface area contributed by atoms with Crippen molar-refractivity contribution in [3.8, 4) is 6.07 Å². The summed E-state index contributed by atoms with van der Waals surface area (Å²) in [6, 6.07) is 12.6. The standard InChI is InChI=1S/C14H11N3O/c15-9-12-5-1-2-6-13(12)17-14(18)8-11-4-3-7-16-10-11/h1-7,10H,8H2,(H,17,18). The van der Waals surface area contributed by atoms with Gasteiger partial charge in [0.1, 0.15) is 6.07 Å². The third-order valence-corrected chi connectivity index (χ3v) is 2.41. The van der Waals surface area contributed by atoms with Gasteiger partial charge < -0.3 is 5.32 Å². The van der Waals surface area contributed by atoms with Crippen LogP contribution in [0.3, 0.4) is 0 Å². The highest BCUT2D eigenvalue weighted by molar-refractivity contribution is 5.93. The predicted octanol–water partition coefficient (Wildman–Crippen LogP) is 2.13. The number of carbonyl (C=O) groups excluding carboxylic acids is 1. The molecule has 0 spiro atoms. The zero-order valence-electron chi connectivity index (χ0n) is 9.63. The molecule has 0 aliphatic heterocycles. The van der Waals surface area contributed by atoms with E-state index in [1.54, 1.807) is 42.7 Å². The number of rotatable bonds is 3. The Hall–Kier alpha value is -2.67. The van der Waals surface area contributed by atoms with Crippen LogP contribution in [0.4, 0.5) is 5.69 Å². The number of nitrogens with one attached hydrogen (secondary N) is 1. The number of hydrogen-bond donors (Lipinski definition) is 1. The van der Waals surface area contributed by atoms with Gasteiger partial charge >= 0.3 is 0 Å². The fraction of sp³-hybridized carbons (Fsp3) is 0.0714. The first kappa shape index (κ1) is 11.8. The third kappa shape index (κ3) is 2.92. The maximum absolute atomic E-state index is 11.8. The van der Waals surface area contributed by atoms with Crippen molar-refractivity contribution in [3.05, 3.63) is 59.9 Å². The molecule has 1 heterocycles. The van der Waals surface area contributed by atoms with Crippen LogP contribution in [0.25, 0.3) is 0 Å². The Labute approximate surface area is 105 Å². The number of hydrogen-bond acceptors (Lipinski definition) is 3. The summed E-state index contributed by atoms with van der Waals surface area (Å²) < 4.78 is 0. The first-order valence-corrected chi connectivity index (χ1v) is 5.47. The molecule has 1 amide bonds. The van der Waals surface area contributed by atoms with Gasteiger partial charge in [0.25, 0.3) is 0 Å².